The summed E-state index contributed by atoms with van der Waals surface area (Å²) in [6.07, 6.45) is 5.23. The fourth-order valence-electron chi connectivity index (χ4n) is 2.62. The number of carbonyl (C=O) groups is 2. The van der Waals surface area contributed by atoms with Gasteiger partial charge in [-0.2, -0.15) is 0 Å². The maximum atomic E-state index is 12.4. The number of amides is 1. The highest BCUT2D eigenvalue weighted by Gasteiger charge is 2.29. The second-order valence-electron chi connectivity index (χ2n) is 5.69. The van der Waals surface area contributed by atoms with Crippen LogP contribution in [0.15, 0.2) is 35.3 Å². The van der Waals surface area contributed by atoms with E-state index in [1.165, 1.54) is 0 Å². The molecular weight excluding hydrogens is 330 g/mol. The number of carboxylic acid groups (broad SMARTS) is 1. The van der Waals surface area contributed by atoms with Crippen LogP contribution in [0.2, 0.25) is 0 Å². The average molecular weight is 349 g/mol. The van der Waals surface area contributed by atoms with E-state index in [1.54, 1.807) is 30.9 Å². The molecule has 0 saturated carbocycles. The van der Waals surface area contributed by atoms with Crippen molar-refractivity contribution < 1.29 is 28.6 Å². The van der Waals surface area contributed by atoms with Crippen molar-refractivity contribution in [1.29, 1.82) is 0 Å². The lowest BCUT2D eigenvalue weighted by atomic mass is 10.1. The lowest BCUT2D eigenvalue weighted by Gasteiger charge is -2.31. The first-order chi connectivity index (χ1) is 12.1. The molecular formula is C16H19N3O6. The van der Waals surface area contributed by atoms with Gasteiger partial charge >= 0.3 is 5.97 Å². The number of aliphatic carboxylic acids is 1. The fourth-order valence-corrected chi connectivity index (χ4v) is 2.62. The molecule has 134 valence electrons. The van der Waals surface area contributed by atoms with E-state index in [2.05, 4.69) is 10.3 Å². The van der Waals surface area contributed by atoms with Gasteiger partial charge in [-0.25, -0.2) is 9.78 Å². The van der Waals surface area contributed by atoms with Crippen LogP contribution in [0.25, 0.3) is 0 Å². The number of carboxylic acids is 1. The van der Waals surface area contributed by atoms with Gasteiger partial charge in [0, 0.05) is 19.0 Å². The van der Waals surface area contributed by atoms with Gasteiger partial charge in [-0.1, -0.05) is 0 Å². The van der Waals surface area contributed by atoms with E-state index in [-0.39, 0.29) is 12.4 Å². The molecule has 3 rings (SSSR count). The van der Waals surface area contributed by atoms with E-state index >= 15 is 0 Å². The minimum Gasteiger partial charge on any atom is -0.480 e. The molecule has 2 atom stereocenters. The van der Waals surface area contributed by atoms with E-state index in [1.807, 2.05) is 4.57 Å². The molecule has 3 heterocycles. The smallest absolute Gasteiger partial charge is 0.329 e. The Bertz CT molecular complexity index is 711. The number of rotatable bonds is 7. The number of carbonyl (C=O) groups excluding carboxylic acids is 1. The molecule has 1 amide bonds. The number of imidazole rings is 1. The summed E-state index contributed by atoms with van der Waals surface area (Å²) >= 11 is 0. The highest BCUT2D eigenvalue weighted by Crippen LogP contribution is 2.14. The molecule has 1 fully saturated rings. The number of hydrogen-bond acceptors (Lipinski definition) is 6. The van der Waals surface area contributed by atoms with Gasteiger partial charge in [0.15, 0.2) is 5.76 Å². The molecule has 9 heteroatoms. The van der Waals surface area contributed by atoms with Gasteiger partial charge in [0.2, 0.25) is 0 Å². The Morgan fingerprint density at radius 1 is 1.44 bits per heavy atom. The van der Waals surface area contributed by atoms with Gasteiger partial charge in [0.05, 0.1) is 31.6 Å². The van der Waals surface area contributed by atoms with Crippen LogP contribution in [0.3, 0.4) is 0 Å². The molecule has 0 bridgehead atoms. The van der Waals surface area contributed by atoms with Crippen molar-refractivity contribution in [3.8, 4) is 0 Å². The minimum atomic E-state index is -1.05. The summed E-state index contributed by atoms with van der Waals surface area (Å²) in [6, 6.07) is 2.89. The second kappa shape index (κ2) is 7.95. The van der Waals surface area contributed by atoms with Crippen molar-refractivity contribution in [2.75, 3.05) is 19.8 Å². The van der Waals surface area contributed by atoms with Crippen LogP contribution in [0.4, 0.5) is 0 Å². The summed E-state index contributed by atoms with van der Waals surface area (Å²) < 4.78 is 18.1. The topological polar surface area (TPSA) is 116 Å². The Labute approximate surface area is 143 Å². The van der Waals surface area contributed by atoms with Gasteiger partial charge in [-0.05, 0) is 18.6 Å². The van der Waals surface area contributed by atoms with E-state index in [4.69, 9.17) is 19.0 Å². The number of ether oxygens (including phenoxy) is 2. The third kappa shape index (κ3) is 4.68. The summed E-state index contributed by atoms with van der Waals surface area (Å²) in [4.78, 5) is 27.0. The summed E-state index contributed by atoms with van der Waals surface area (Å²) in [7, 11) is 0. The standard InChI is InChI=1S/C16H19N3O6/c20-15(21)9-24-13-3-6-23-8-12(13)18-16(22)14-2-1-11(25-14)7-19-5-4-17-10-19/h1-2,4-5,10,12-13H,3,6-9H2,(H,18,22)(H,20,21)/t12-,13+/m0/s1. The van der Waals surface area contributed by atoms with E-state index in [0.717, 1.165) is 0 Å². The molecule has 0 aliphatic carbocycles. The molecule has 0 spiro atoms. The van der Waals surface area contributed by atoms with Gasteiger partial charge in [0.25, 0.3) is 5.91 Å². The zero-order valence-electron chi connectivity index (χ0n) is 13.5. The summed E-state index contributed by atoms with van der Waals surface area (Å²) in [6.45, 7) is 0.794. The minimum absolute atomic E-state index is 0.178. The van der Waals surface area contributed by atoms with Gasteiger partial charge in [-0.15, -0.1) is 0 Å². The van der Waals surface area contributed by atoms with E-state index in [9.17, 15) is 9.59 Å². The molecule has 1 aliphatic heterocycles. The maximum absolute atomic E-state index is 12.4. The zero-order chi connectivity index (χ0) is 17.6. The molecule has 0 aromatic carbocycles. The highest BCUT2D eigenvalue weighted by molar-refractivity contribution is 5.91. The van der Waals surface area contributed by atoms with E-state index < -0.39 is 30.6 Å². The normalized spacial score (nSPS) is 20.3. The molecule has 2 N–H and O–H groups in total. The SMILES string of the molecule is O=C(O)CO[C@@H]1CCOC[C@@H]1NC(=O)c1ccc(Cn2ccnc2)o1. The van der Waals surface area contributed by atoms with Crippen LogP contribution in [-0.4, -0.2) is 58.5 Å². The van der Waals surface area contributed by atoms with Gasteiger partial charge < -0.3 is 28.9 Å². The number of aromatic nitrogens is 2. The first kappa shape index (κ1) is 17.2. The fraction of sp³-hybridized carbons (Fsp3) is 0.438. The number of nitrogens with one attached hydrogen (secondary N) is 1. The Morgan fingerprint density at radius 2 is 2.32 bits per heavy atom. The zero-order valence-corrected chi connectivity index (χ0v) is 13.5. The van der Waals surface area contributed by atoms with Crippen LogP contribution < -0.4 is 5.32 Å². The van der Waals surface area contributed by atoms with E-state index in [0.29, 0.717) is 25.3 Å². The third-order valence-corrected chi connectivity index (χ3v) is 3.81. The first-order valence-electron chi connectivity index (χ1n) is 7.88. The quantitative estimate of drug-likeness (QED) is 0.748. The average Bonchev–Trinajstić information content (AvgIpc) is 3.26. The first-order valence-corrected chi connectivity index (χ1v) is 7.88. The number of furan rings is 1. The molecule has 25 heavy (non-hydrogen) atoms. The van der Waals surface area contributed by atoms with Crippen LogP contribution in [0.1, 0.15) is 22.7 Å². The molecule has 0 radical (unpaired) electrons. The molecule has 9 nitrogen and oxygen atoms in total. The van der Waals surface area contributed by atoms with Crippen molar-refractivity contribution >= 4 is 11.9 Å². The maximum Gasteiger partial charge on any atom is 0.329 e. The molecule has 2 aromatic heterocycles. The summed E-state index contributed by atoms with van der Waals surface area (Å²) in [5.74, 6) is -0.637. The van der Waals surface area contributed by atoms with Crippen molar-refractivity contribution in [3.63, 3.8) is 0 Å². The number of hydrogen-bond donors (Lipinski definition) is 2. The second-order valence-corrected chi connectivity index (χ2v) is 5.69. The van der Waals surface area contributed by atoms with Crippen LogP contribution >= 0.6 is 0 Å². The van der Waals surface area contributed by atoms with Crippen LogP contribution in [0, 0.1) is 0 Å². The van der Waals surface area contributed by atoms with Crippen LogP contribution in [0.5, 0.6) is 0 Å². The Kier molecular flexibility index (Phi) is 5.46. The Morgan fingerprint density at radius 3 is 3.08 bits per heavy atom. The predicted molar refractivity (Wildman–Crippen MR) is 84.1 cm³/mol. The molecule has 1 saturated heterocycles. The van der Waals surface area contributed by atoms with Gasteiger partial charge in [-0.3, -0.25) is 4.79 Å². The summed E-state index contributed by atoms with van der Waals surface area (Å²) in [5.41, 5.74) is 0. The van der Waals surface area contributed by atoms with Crippen molar-refractivity contribution in [3.05, 3.63) is 42.4 Å². The highest BCUT2D eigenvalue weighted by atomic mass is 16.5. The Hall–Kier alpha value is -2.65. The summed E-state index contributed by atoms with van der Waals surface area (Å²) in [5, 5.41) is 11.5. The lowest BCUT2D eigenvalue weighted by molar-refractivity contribution is -0.147. The van der Waals surface area contributed by atoms with Crippen molar-refractivity contribution in [2.24, 2.45) is 0 Å². The molecule has 0 unspecified atom stereocenters. The van der Waals surface area contributed by atoms with Crippen molar-refractivity contribution in [2.45, 2.75) is 25.1 Å². The third-order valence-electron chi connectivity index (χ3n) is 3.81. The molecule has 1 aliphatic rings. The Balaban J connectivity index is 1.58. The predicted octanol–water partition coefficient (Wildman–Crippen LogP) is 0.513. The molecule has 2 aromatic rings. The monoisotopic (exact) mass is 349 g/mol. The lowest BCUT2D eigenvalue weighted by Crippen LogP contribution is -2.50. The largest absolute Gasteiger partial charge is 0.480 e. The van der Waals surface area contributed by atoms with Crippen molar-refractivity contribution in [1.82, 2.24) is 14.9 Å². The number of nitrogens with zero attached hydrogens (tertiary/aromatic N) is 2. The van der Waals surface area contributed by atoms with Crippen LogP contribution in [-0.2, 0) is 20.8 Å². The van der Waals surface area contributed by atoms with Gasteiger partial charge in [0.1, 0.15) is 12.4 Å².